The fraction of sp³-hybridized carbons (Fsp3) is 0.364. The van der Waals surface area contributed by atoms with E-state index in [0.29, 0.717) is 11.7 Å². The van der Waals surface area contributed by atoms with Gasteiger partial charge in [-0.25, -0.2) is 4.98 Å². The second-order valence-corrected chi connectivity index (χ2v) is 8.21. The van der Waals surface area contributed by atoms with E-state index in [0.717, 1.165) is 39.9 Å². The van der Waals surface area contributed by atoms with Gasteiger partial charge in [0.05, 0.1) is 11.6 Å². The van der Waals surface area contributed by atoms with Gasteiger partial charge in [-0.2, -0.15) is 0 Å². The Morgan fingerprint density at radius 2 is 2.07 bits per heavy atom. The van der Waals surface area contributed by atoms with Gasteiger partial charge in [0, 0.05) is 35.8 Å². The summed E-state index contributed by atoms with van der Waals surface area (Å²) >= 11 is 6.15. The zero-order valence-electron chi connectivity index (χ0n) is 16.2. The maximum absolute atomic E-state index is 11.0. The van der Waals surface area contributed by atoms with Crippen LogP contribution in [0, 0.1) is 6.92 Å². The Bertz CT molecular complexity index is 1010. The fourth-order valence-electron chi connectivity index (χ4n) is 3.77. The minimum absolute atomic E-state index is 0.270. The van der Waals surface area contributed by atoms with Crippen molar-refractivity contribution in [3.8, 4) is 5.75 Å². The molecule has 2 N–H and O–H groups in total. The number of aromatic nitrogens is 2. The standard InChI is InChI=1S/C22H24ClN3O2/c1-13-10-19(23)26-17-11-16-18(12-15(13)17)28-22(2,3)21(27)20(16)25-9-7-14-6-4-5-8-24-14/h4-6,8,10-12,20-21,25,27H,7,9H2,1-3H3/t20-,21+/m0/s1. The third-order valence-electron chi connectivity index (χ3n) is 5.32. The predicted molar refractivity (Wildman–Crippen MR) is 111 cm³/mol. The zero-order chi connectivity index (χ0) is 19.9. The van der Waals surface area contributed by atoms with E-state index >= 15 is 0 Å². The highest BCUT2D eigenvalue weighted by Gasteiger charge is 2.42. The van der Waals surface area contributed by atoms with Gasteiger partial charge in [0.2, 0.25) is 0 Å². The first kappa shape index (κ1) is 19.1. The van der Waals surface area contributed by atoms with Crippen molar-refractivity contribution in [2.75, 3.05) is 6.54 Å². The van der Waals surface area contributed by atoms with Crippen LogP contribution in [0.5, 0.6) is 5.75 Å². The van der Waals surface area contributed by atoms with Crippen molar-refractivity contribution in [1.29, 1.82) is 0 Å². The highest BCUT2D eigenvalue weighted by Crippen LogP contribution is 2.42. The van der Waals surface area contributed by atoms with E-state index in [2.05, 4.69) is 15.3 Å². The van der Waals surface area contributed by atoms with Gasteiger partial charge in [-0.3, -0.25) is 4.98 Å². The molecular formula is C22H24ClN3O2. The van der Waals surface area contributed by atoms with E-state index < -0.39 is 11.7 Å². The topological polar surface area (TPSA) is 67.3 Å². The summed E-state index contributed by atoms with van der Waals surface area (Å²) in [6, 6.07) is 11.4. The Morgan fingerprint density at radius 1 is 1.25 bits per heavy atom. The average Bonchev–Trinajstić information content (AvgIpc) is 2.65. The summed E-state index contributed by atoms with van der Waals surface area (Å²) in [4.78, 5) is 8.82. The summed E-state index contributed by atoms with van der Waals surface area (Å²) < 4.78 is 6.16. The molecule has 1 aromatic carbocycles. The molecule has 0 amide bonds. The minimum Gasteiger partial charge on any atom is -0.485 e. The number of benzene rings is 1. The van der Waals surface area contributed by atoms with Crippen molar-refractivity contribution >= 4 is 22.5 Å². The number of hydrogen-bond donors (Lipinski definition) is 2. The van der Waals surface area contributed by atoms with E-state index in [9.17, 15) is 5.11 Å². The molecule has 0 aliphatic carbocycles. The van der Waals surface area contributed by atoms with E-state index in [1.54, 1.807) is 6.20 Å². The van der Waals surface area contributed by atoms with Crippen LogP contribution in [0.15, 0.2) is 42.6 Å². The molecule has 0 bridgehead atoms. The lowest BCUT2D eigenvalue weighted by molar-refractivity contribution is -0.0642. The van der Waals surface area contributed by atoms with Crippen molar-refractivity contribution in [3.63, 3.8) is 0 Å². The predicted octanol–water partition coefficient (Wildman–Crippen LogP) is 4.00. The molecule has 3 aromatic rings. The average molecular weight is 398 g/mol. The number of ether oxygens (including phenoxy) is 1. The second-order valence-electron chi connectivity index (χ2n) is 7.82. The van der Waals surface area contributed by atoms with Crippen LogP contribution in [0.1, 0.15) is 36.7 Å². The maximum Gasteiger partial charge on any atom is 0.131 e. The van der Waals surface area contributed by atoms with E-state index in [4.69, 9.17) is 16.3 Å². The van der Waals surface area contributed by atoms with Gasteiger partial charge < -0.3 is 15.2 Å². The number of nitrogens with one attached hydrogen (secondary N) is 1. The van der Waals surface area contributed by atoms with Gasteiger partial charge in [0.1, 0.15) is 22.6 Å². The van der Waals surface area contributed by atoms with Crippen LogP contribution in [0.2, 0.25) is 5.15 Å². The highest BCUT2D eigenvalue weighted by atomic mass is 35.5. The molecule has 0 fully saturated rings. The molecule has 0 unspecified atom stereocenters. The Kier molecular flexibility index (Phi) is 5.00. The van der Waals surface area contributed by atoms with Gasteiger partial charge in [0.25, 0.3) is 0 Å². The molecule has 1 aliphatic heterocycles. The van der Waals surface area contributed by atoms with Crippen LogP contribution in [-0.2, 0) is 6.42 Å². The molecule has 2 atom stereocenters. The van der Waals surface area contributed by atoms with E-state index in [-0.39, 0.29) is 6.04 Å². The molecule has 6 heteroatoms. The number of fused-ring (bicyclic) bond motifs is 2. The molecule has 5 nitrogen and oxygen atoms in total. The third kappa shape index (κ3) is 3.58. The second kappa shape index (κ2) is 7.32. The number of aliphatic hydroxyl groups is 1. The van der Waals surface area contributed by atoms with Crippen molar-refractivity contribution in [3.05, 3.63) is 64.6 Å². The largest absolute Gasteiger partial charge is 0.485 e. The smallest absolute Gasteiger partial charge is 0.131 e. The van der Waals surface area contributed by atoms with Crippen molar-refractivity contribution in [2.45, 2.75) is 44.9 Å². The highest BCUT2D eigenvalue weighted by molar-refractivity contribution is 6.29. The number of halogens is 1. The van der Waals surface area contributed by atoms with E-state index in [1.807, 2.05) is 57.2 Å². The molecule has 1 aliphatic rings. The molecule has 3 heterocycles. The Labute approximate surface area is 169 Å². The van der Waals surface area contributed by atoms with Gasteiger partial charge in [0.15, 0.2) is 0 Å². The molecule has 0 saturated carbocycles. The lowest BCUT2D eigenvalue weighted by Crippen LogP contribution is -2.52. The van der Waals surface area contributed by atoms with Crippen molar-refractivity contribution in [2.24, 2.45) is 0 Å². The van der Waals surface area contributed by atoms with Gasteiger partial charge >= 0.3 is 0 Å². The maximum atomic E-state index is 11.0. The number of pyridine rings is 2. The number of aryl methyl sites for hydroxylation is 1. The van der Waals surface area contributed by atoms with Gasteiger partial charge in [-0.05, 0) is 56.7 Å². The molecule has 28 heavy (non-hydrogen) atoms. The molecule has 0 spiro atoms. The summed E-state index contributed by atoms with van der Waals surface area (Å²) in [6.07, 6.45) is 1.86. The molecule has 0 saturated heterocycles. The van der Waals surface area contributed by atoms with Gasteiger partial charge in [-0.15, -0.1) is 0 Å². The first-order valence-corrected chi connectivity index (χ1v) is 9.84. The first-order chi connectivity index (χ1) is 13.3. The van der Waals surface area contributed by atoms with Crippen LogP contribution >= 0.6 is 11.6 Å². The summed E-state index contributed by atoms with van der Waals surface area (Å²) in [5.41, 5.74) is 3.05. The number of rotatable bonds is 4. The van der Waals surface area contributed by atoms with Crippen LogP contribution in [0.4, 0.5) is 0 Å². The first-order valence-electron chi connectivity index (χ1n) is 9.46. The lowest BCUT2D eigenvalue weighted by Gasteiger charge is -2.42. The number of nitrogens with zero attached hydrogens (tertiary/aromatic N) is 2. The lowest BCUT2D eigenvalue weighted by atomic mass is 9.85. The zero-order valence-corrected chi connectivity index (χ0v) is 17.0. The van der Waals surface area contributed by atoms with Crippen molar-refractivity contribution in [1.82, 2.24) is 15.3 Å². The fourth-order valence-corrected chi connectivity index (χ4v) is 4.02. The summed E-state index contributed by atoms with van der Waals surface area (Å²) in [6.45, 7) is 6.51. The van der Waals surface area contributed by atoms with Crippen LogP contribution < -0.4 is 10.1 Å². The van der Waals surface area contributed by atoms with Crippen LogP contribution in [0.3, 0.4) is 0 Å². The molecule has 2 aromatic heterocycles. The van der Waals surface area contributed by atoms with Crippen LogP contribution in [0.25, 0.3) is 10.9 Å². The third-order valence-corrected chi connectivity index (χ3v) is 5.52. The number of aliphatic hydroxyl groups excluding tert-OH is 1. The Balaban J connectivity index is 1.68. The molecule has 0 radical (unpaired) electrons. The summed E-state index contributed by atoms with van der Waals surface area (Å²) in [5.74, 6) is 0.769. The molecular weight excluding hydrogens is 374 g/mol. The van der Waals surface area contributed by atoms with Crippen LogP contribution in [-0.4, -0.2) is 33.3 Å². The van der Waals surface area contributed by atoms with Gasteiger partial charge in [-0.1, -0.05) is 17.7 Å². The summed E-state index contributed by atoms with van der Waals surface area (Å²) in [5, 5.41) is 15.9. The quantitative estimate of drug-likeness (QED) is 0.651. The Hall–Kier alpha value is -2.21. The van der Waals surface area contributed by atoms with E-state index in [1.165, 1.54) is 0 Å². The normalized spacial score (nSPS) is 20.6. The molecule has 4 rings (SSSR count). The van der Waals surface area contributed by atoms with Crippen molar-refractivity contribution < 1.29 is 9.84 Å². The number of hydrogen-bond acceptors (Lipinski definition) is 5. The Morgan fingerprint density at radius 3 is 2.82 bits per heavy atom. The SMILES string of the molecule is Cc1cc(Cl)nc2cc3c(cc12)OC(C)(C)[C@H](O)[C@H]3NCCc1ccccn1. The monoisotopic (exact) mass is 397 g/mol. The minimum atomic E-state index is -0.711. The molecule has 146 valence electrons. The summed E-state index contributed by atoms with van der Waals surface area (Å²) in [7, 11) is 0.